The van der Waals surface area contributed by atoms with Gasteiger partial charge in [-0.05, 0) is 42.9 Å². The third kappa shape index (κ3) is 1.59. The van der Waals surface area contributed by atoms with Crippen molar-refractivity contribution in [3.63, 3.8) is 0 Å². The van der Waals surface area contributed by atoms with E-state index in [1.165, 1.54) is 32.4 Å². The van der Waals surface area contributed by atoms with Crippen molar-refractivity contribution in [2.24, 2.45) is 5.92 Å². The highest BCUT2D eigenvalue weighted by molar-refractivity contribution is 5.32. The molecule has 1 heteroatoms. The molecule has 1 fully saturated rings. The maximum atomic E-state index is 2.68. The molecule has 0 N–H and O–H groups in total. The molecule has 1 aromatic carbocycles. The van der Waals surface area contributed by atoms with Crippen molar-refractivity contribution >= 4 is 0 Å². The molecule has 0 amide bonds. The van der Waals surface area contributed by atoms with Gasteiger partial charge in [0.2, 0.25) is 0 Å². The topological polar surface area (TPSA) is 3.24 Å². The van der Waals surface area contributed by atoms with Crippen molar-refractivity contribution in [1.29, 1.82) is 0 Å². The summed E-state index contributed by atoms with van der Waals surface area (Å²) < 4.78 is 0. The van der Waals surface area contributed by atoms with Gasteiger partial charge in [-0.1, -0.05) is 31.2 Å². The first-order valence-electron chi connectivity index (χ1n) is 6.16. The van der Waals surface area contributed by atoms with E-state index in [2.05, 4.69) is 36.1 Å². The van der Waals surface area contributed by atoms with Crippen LogP contribution in [0, 0.1) is 5.92 Å². The number of nitrogens with zero attached hydrogens (tertiary/aromatic N) is 1. The minimum Gasteiger partial charge on any atom is -0.296 e. The maximum Gasteiger partial charge on any atom is 0.0353 e. The van der Waals surface area contributed by atoms with Gasteiger partial charge in [0.05, 0.1) is 0 Å². The summed E-state index contributed by atoms with van der Waals surface area (Å²) in [5, 5.41) is 0. The van der Waals surface area contributed by atoms with E-state index in [0.29, 0.717) is 0 Å². The van der Waals surface area contributed by atoms with E-state index < -0.39 is 0 Å². The van der Waals surface area contributed by atoms with Crippen molar-refractivity contribution < 1.29 is 0 Å². The second-order valence-corrected chi connectivity index (χ2v) is 5.13. The Morgan fingerprint density at radius 3 is 3.00 bits per heavy atom. The smallest absolute Gasteiger partial charge is 0.0353 e. The second kappa shape index (κ2) is 3.64. The van der Waals surface area contributed by atoms with Crippen LogP contribution in [0.4, 0.5) is 0 Å². The quantitative estimate of drug-likeness (QED) is 0.623. The molecule has 0 radical (unpaired) electrons. The predicted molar refractivity (Wildman–Crippen MR) is 62.9 cm³/mol. The third-order valence-electron chi connectivity index (χ3n) is 4.06. The Morgan fingerprint density at radius 2 is 2.07 bits per heavy atom. The molecule has 1 aromatic rings. The minimum absolute atomic E-state index is 0.721. The number of rotatable bonds is 0. The summed E-state index contributed by atoms with van der Waals surface area (Å²) in [4.78, 5) is 2.68. The van der Waals surface area contributed by atoms with Crippen molar-refractivity contribution in [2.75, 3.05) is 13.1 Å². The molecular formula is C14H19N. The van der Waals surface area contributed by atoms with Gasteiger partial charge in [0.1, 0.15) is 0 Å². The highest BCUT2D eigenvalue weighted by Crippen LogP contribution is 2.38. The van der Waals surface area contributed by atoms with Gasteiger partial charge in [0.15, 0.2) is 0 Å². The van der Waals surface area contributed by atoms with Gasteiger partial charge in [-0.25, -0.2) is 0 Å². The lowest BCUT2D eigenvalue weighted by Crippen LogP contribution is -2.40. The Kier molecular flexibility index (Phi) is 2.28. The summed E-state index contributed by atoms with van der Waals surface area (Å²) in [5.74, 6) is 0.900. The van der Waals surface area contributed by atoms with Crippen molar-refractivity contribution in [3.05, 3.63) is 35.4 Å². The van der Waals surface area contributed by atoms with Crippen LogP contribution in [-0.4, -0.2) is 18.0 Å². The van der Waals surface area contributed by atoms with Crippen LogP contribution >= 0.6 is 0 Å². The molecule has 2 aliphatic rings. The van der Waals surface area contributed by atoms with Crippen LogP contribution in [0.2, 0.25) is 0 Å². The molecule has 0 bridgehead atoms. The van der Waals surface area contributed by atoms with Crippen molar-refractivity contribution in [1.82, 2.24) is 4.90 Å². The fourth-order valence-corrected chi connectivity index (χ4v) is 3.13. The Labute approximate surface area is 92.1 Å². The van der Waals surface area contributed by atoms with Crippen LogP contribution < -0.4 is 0 Å². The number of hydrogen-bond donors (Lipinski definition) is 0. The van der Waals surface area contributed by atoms with Crippen LogP contribution in [0.25, 0.3) is 0 Å². The molecule has 0 saturated carbocycles. The molecule has 80 valence electrons. The monoisotopic (exact) mass is 201 g/mol. The zero-order valence-corrected chi connectivity index (χ0v) is 9.45. The summed E-state index contributed by atoms with van der Waals surface area (Å²) in [6, 6.07) is 9.75. The van der Waals surface area contributed by atoms with E-state index in [-0.39, 0.29) is 0 Å². The first kappa shape index (κ1) is 9.41. The van der Waals surface area contributed by atoms with Gasteiger partial charge in [-0.15, -0.1) is 0 Å². The molecular weight excluding hydrogens is 182 g/mol. The maximum absolute atomic E-state index is 2.68. The predicted octanol–water partition coefficient (Wildman–Crippen LogP) is 3.02. The third-order valence-corrected chi connectivity index (χ3v) is 4.06. The van der Waals surface area contributed by atoms with Crippen molar-refractivity contribution in [2.45, 2.75) is 32.2 Å². The first-order valence-corrected chi connectivity index (χ1v) is 6.16. The Balaban J connectivity index is 1.96. The van der Waals surface area contributed by atoms with E-state index in [4.69, 9.17) is 0 Å². The van der Waals surface area contributed by atoms with E-state index >= 15 is 0 Å². The number of benzene rings is 1. The fraction of sp³-hybridized carbons (Fsp3) is 0.571. The molecule has 0 spiro atoms. The summed E-state index contributed by atoms with van der Waals surface area (Å²) in [6.45, 7) is 4.98. The Morgan fingerprint density at radius 1 is 1.20 bits per heavy atom. The highest BCUT2D eigenvalue weighted by Gasteiger charge is 2.31. The molecule has 0 aromatic heterocycles. The molecule has 1 unspecified atom stereocenters. The first-order chi connectivity index (χ1) is 7.34. The van der Waals surface area contributed by atoms with Crippen molar-refractivity contribution in [3.8, 4) is 0 Å². The molecule has 2 heterocycles. The van der Waals surface area contributed by atoms with E-state index in [1.807, 2.05) is 0 Å². The summed E-state index contributed by atoms with van der Waals surface area (Å²) >= 11 is 0. The second-order valence-electron chi connectivity index (χ2n) is 5.13. The lowest BCUT2D eigenvalue weighted by molar-refractivity contribution is 0.109. The number of hydrogen-bond acceptors (Lipinski definition) is 1. The van der Waals surface area contributed by atoms with Gasteiger partial charge >= 0.3 is 0 Å². The molecule has 3 rings (SSSR count). The zero-order chi connectivity index (χ0) is 10.3. The molecule has 15 heavy (non-hydrogen) atoms. The molecule has 1 nitrogen and oxygen atoms in total. The number of piperidine rings is 1. The van der Waals surface area contributed by atoms with Crippen LogP contribution in [0.15, 0.2) is 24.3 Å². The van der Waals surface area contributed by atoms with Crippen LogP contribution in [0.3, 0.4) is 0 Å². The minimum atomic E-state index is 0.721. The zero-order valence-electron chi connectivity index (χ0n) is 9.45. The molecule has 0 aliphatic carbocycles. The SMILES string of the molecule is C[C@H]1CCN2CCc3ccccc3C2C1. The van der Waals surface area contributed by atoms with Crippen LogP contribution in [0.1, 0.15) is 36.9 Å². The van der Waals surface area contributed by atoms with Crippen LogP contribution in [-0.2, 0) is 6.42 Å². The normalized spacial score (nSPS) is 30.7. The van der Waals surface area contributed by atoms with E-state index in [9.17, 15) is 0 Å². The van der Waals surface area contributed by atoms with E-state index in [0.717, 1.165) is 12.0 Å². The summed E-state index contributed by atoms with van der Waals surface area (Å²) in [7, 11) is 0. The van der Waals surface area contributed by atoms with E-state index in [1.54, 1.807) is 11.1 Å². The Hall–Kier alpha value is -0.820. The van der Waals surface area contributed by atoms with Gasteiger partial charge in [-0.3, -0.25) is 4.90 Å². The molecule has 2 aliphatic heterocycles. The summed E-state index contributed by atoms with van der Waals surface area (Å²) in [6.07, 6.45) is 4.00. The lowest BCUT2D eigenvalue weighted by atomic mass is 9.83. The van der Waals surface area contributed by atoms with Gasteiger partial charge in [0, 0.05) is 12.6 Å². The Bertz CT molecular complexity index is 358. The van der Waals surface area contributed by atoms with Gasteiger partial charge in [0.25, 0.3) is 0 Å². The molecule has 1 saturated heterocycles. The average Bonchev–Trinajstić information content (AvgIpc) is 2.29. The highest BCUT2D eigenvalue weighted by atomic mass is 15.2. The largest absolute Gasteiger partial charge is 0.296 e. The van der Waals surface area contributed by atoms with Crippen LogP contribution in [0.5, 0.6) is 0 Å². The summed E-state index contributed by atoms with van der Waals surface area (Å²) in [5.41, 5.74) is 3.20. The standard InChI is InChI=1S/C14H19N/c1-11-6-8-15-9-7-12-4-2-3-5-13(12)14(15)10-11/h2-5,11,14H,6-10H2,1H3/t11-,14?/m0/s1. The lowest BCUT2D eigenvalue weighted by Gasteiger charge is -2.42. The molecule has 2 atom stereocenters. The average molecular weight is 201 g/mol. The number of fused-ring (bicyclic) bond motifs is 3. The van der Waals surface area contributed by atoms with Gasteiger partial charge in [-0.2, -0.15) is 0 Å². The fourth-order valence-electron chi connectivity index (χ4n) is 3.13. The van der Waals surface area contributed by atoms with Gasteiger partial charge < -0.3 is 0 Å².